The fourth-order valence-corrected chi connectivity index (χ4v) is 2.87. The topological polar surface area (TPSA) is 81.8 Å². The number of ether oxygens (including phenoxy) is 1. The van der Waals surface area contributed by atoms with Crippen LogP contribution in [0.15, 0.2) is 29.4 Å². The van der Waals surface area contributed by atoms with Crippen LogP contribution < -0.4 is 10.6 Å². The van der Waals surface area contributed by atoms with Gasteiger partial charge in [0.2, 0.25) is 5.91 Å². The fraction of sp³-hybridized carbons (Fsp3) is 0.524. The summed E-state index contributed by atoms with van der Waals surface area (Å²) in [5.41, 5.74) is 3.71. The molecule has 0 aliphatic carbocycles. The van der Waals surface area contributed by atoms with E-state index < -0.39 is 0 Å². The first-order valence-electron chi connectivity index (χ1n) is 9.88. The fourth-order valence-electron chi connectivity index (χ4n) is 2.87. The normalized spacial score (nSPS) is 11.2. The molecule has 2 rings (SSSR count). The molecule has 0 atom stereocenters. The number of hydrogen-bond acceptors (Lipinski definition) is 3. The van der Waals surface area contributed by atoms with E-state index in [1.807, 2.05) is 6.92 Å². The van der Waals surface area contributed by atoms with E-state index in [1.165, 1.54) is 22.0 Å². The Morgan fingerprint density at radius 2 is 2.00 bits per heavy atom. The van der Waals surface area contributed by atoms with Crippen LogP contribution in [0.5, 0.6) is 0 Å². The minimum Gasteiger partial charge on any atom is -0.382 e. The molecule has 0 bridgehead atoms. The Morgan fingerprint density at radius 1 is 1.24 bits per heavy atom. The average molecular weight is 515 g/mol. The van der Waals surface area contributed by atoms with Gasteiger partial charge in [-0.1, -0.05) is 18.2 Å². The number of guanidine groups is 1. The number of nitrogens with zero attached hydrogens (tertiary/aromatic N) is 2. The number of aryl methyl sites for hydroxylation is 1. The molecule has 0 aliphatic heterocycles. The summed E-state index contributed by atoms with van der Waals surface area (Å²) in [6.45, 7) is 7.13. The van der Waals surface area contributed by atoms with Crippen LogP contribution in [0, 0.1) is 6.92 Å². The zero-order chi connectivity index (χ0) is 20.4. The molecule has 8 heteroatoms. The molecule has 162 valence electrons. The number of aliphatic imine (C=N–C) groups is 1. The van der Waals surface area contributed by atoms with Gasteiger partial charge in [0.05, 0.1) is 0 Å². The van der Waals surface area contributed by atoms with E-state index in [9.17, 15) is 4.79 Å². The van der Waals surface area contributed by atoms with Crippen molar-refractivity contribution in [1.29, 1.82) is 0 Å². The lowest BCUT2D eigenvalue weighted by Crippen LogP contribution is -2.40. The number of aromatic amines is 1. The molecule has 0 saturated heterocycles. The maximum absolute atomic E-state index is 11.8. The van der Waals surface area contributed by atoms with Gasteiger partial charge in [0.1, 0.15) is 6.54 Å². The summed E-state index contributed by atoms with van der Waals surface area (Å²) in [5, 5.41) is 7.87. The van der Waals surface area contributed by atoms with Crippen molar-refractivity contribution < 1.29 is 9.53 Å². The largest absolute Gasteiger partial charge is 0.382 e. The average Bonchev–Trinajstić information content (AvgIpc) is 3.09. The van der Waals surface area contributed by atoms with Gasteiger partial charge in [-0.3, -0.25) is 4.79 Å². The number of benzene rings is 1. The van der Waals surface area contributed by atoms with Gasteiger partial charge in [0.25, 0.3) is 0 Å². The van der Waals surface area contributed by atoms with E-state index in [1.54, 1.807) is 19.0 Å². The number of H-pyrrole nitrogens is 1. The van der Waals surface area contributed by atoms with Crippen LogP contribution in [0.1, 0.15) is 24.5 Å². The summed E-state index contributed by atoms with van der Waals surface area (Å²) >= 11 is 0. The van der Waals surface area contributed by atoms with Crippen LogP contribution in [-0.4, -0.2) is 68.7 Å². The number of halogens is 1. The molecule has 1 heterocycles. The van der Waals surface area contributed by atoms with Gasteiger partial charge in [0.15, 0.2) is 5.96 Å². The molecule has 0 saturated carbocycles. The number of rotatable bonds is 10. The summed E-state index contributed by atoms with van der Waals surface area (Å²) in [7, 11) is 3.47. The van der Waals surface area contributed by atoms with Gasteiger partial charge in [-0.15, -0.1) is 24.0 Å². The highest BCUT2D eigenvalue weighted by Crippen LogP contribution is 2.21. The van der Waals surface area contributed by atoms with Crippen molar-refractivity contribution in [2.45, 2.75) is 26.7 Å². The standard InChI is InChI=1S/C21H33N5O2.HI/c1-5-28-13-7-11-22-21(25-15-19(27)26(3)4)23-12-10-17-14-24-20-16(2)8-6-9-18(17)20;/h6,8-9,14,24H,5,7,10-13,15H2,1-4H3,(H2,22,23,25);1H. The number of carbonyl (C=O) groups excluding carboxylic acids is 1. The first-order valence-corrected chi connectivity index (χ1v) is 9.88. The van der Waals surface area contributed by atoms with E-state index in [4.69, 9.17) is 4.74 Å². The van der Waals surface area contributed by atoms with Crippen molar-refractivity contribution in [2.75, 3.05) is 46.9 Å². The third kappa shape index (κ3) is 8.22. The van der Waals surface area contributed by atoms with Crippen LogP contribution >= 0.6 is 24.0 Å². The number of aromatic nitrogens is 1. The van der Waals surface area contributed by atoms with Crippen LogP contribution in [0.25, 0.3) is 10.9 Å². The van der Waals surface area contributed by atoms with Gasteiger partial charge in [-0.25, -0.2) is 4.99 Å². The minimum atomic E-state index is -0.0254. The molecule has 7 nitrogen and oxygen atoms in total. The Balaban J connectivity index is 0.00000420. The summed E-state index contributed by atoms with van der Waals surface area (Å²) < 4.78 is 5.36. The quantitative estimate of drug-likeness (QED) is 0.197. The van der Waals surface area contributed by atoms with Crippen molar-refractivity contribution in [3.63, 3.8) is 0 Å². The number of nitrogens with one attached hydrogen (secondary N) is 3. The first kappa shape index (κ1) is 25.2. The minimum absolute atomic E-state index is 0. The van der Waals surface area contributed by atoms with Crippen molar-refractivity contribution in [1.82, 2.24) is 20.5 Å². The maximum atomic E-state index is 11.8. The molecule has 2 aromatic rings. The summed E-state index contributed by atoms with van der Waals surface area (Å²) in [5.74, 6) is 0.630. The molecule has 0 unspecified atom stereocenters. The van der Waals surface area contributed by atoms with Gasteiger partial charge in [-0.2, -0.15) is 0 Å². The Bertz CT molecular complexity index is 788. The molecule has 29 heavy (non-hydrogen) atoms. The highest BCUT2D eigenvalue weighted by Gasteiger charge is 2.07. The highest BCUT2D eigenvalue weighted by molar-refractivity contribution is 14.0. The lowest BCUT2D eigenvalue weighted by Gasteiger charge is -2.14. The van der Waals surface area contributed by atoms with E-state index in [0.29, 0.717) is 12.6 Å². The maximum Gasteiger partial charge on any atom is 0.243 e. The third-order valence-corrected chi connectivity index (χ3v) is 4.53. The van der Waals surface area contributed by atoms with Crippen molar-refractivity contribution in [2.24, 2.45) is 4.99 Å². The van der Waals surface area contributed by atoms with Crippen molar-refractivity contribution in [3.8, 4) is 0 Å². The Morgan fingerprint density at radius 3 is 2.72 bits per heavy atom. The molecule has 0 spiro atoms. The predicted molar refractivity (Wildman–Crippen MR) is 130 cm³/mol. The Labute approximate surface area is 190 Å². The van der Waals surface area contributed by atoms with Crippen molar-refractivity contribution in [3.05, 3.63) is 35.5 Å². The summed E-state index contributed by atoms with van der Waals surface area (Å²) in [6, 6.07) is 6.34. The van der Waals surface area contributed by atoms with Gasteiger partial charge in [-0.05, 0) is 37.8 Å². The molecule has 1 aromatic heterocycles. The van der Waals surface area contributed by atoms with Gasteiger partial charge >= 0.3 is 0 Å². The van der Waals surface area contributed by atoms with E-state index in [-0.39, 0.29) is 36.4 Å². The lowest BCUT2D eigenvalue weighted by molar-refractivity contribution is -0.127. The second kappa shape index (κ2) is 13.4. The summed E-state index contributed by atoms with van der Waals surface area (Å²) in [4.78, 5) is 21.2. The third-order valence-electron chi connectivity index (χ3n) is 4.53. The smallest absolute Gasteiger partial charge is 0.243 e. The van der Waals surface area contributed by atoms with Crippen LogP contribution in [0.3, 0.4) is 0 Å². The Kier molecular flexibility index (Phi) is 11.7. The zero-order valence-electron chi connectivity index (χ0n) is 17.9. The Hall–Kier alpha value is -1.81. The number of para-hydroxylation sites is 1. The first-order chi connectivity index (χ1) is 13.5. The van der Waals surface area contributed by atoms with Crippen molar-refractivity contribution >= 4 is 46.7 Å². The van der Waals surface area contributed by atoms with Crippen LogP contribution in [0.4, 0.5) is 0 Å². The highest BCUT2D eigenvalue weighted by atomic mass is 127. The predicted octanol–water partition coefficient (Wildman–Crippen LogP) is 2.69. The number of carbonyl (C=O) groups is 1. The molecule has 0 fully saturated rings. The van der Waals surface area contributed by atoms with Gasteiger partial charge in [0, 0.05) is 57.5 Å². The molecule has 1 aromatic carbocycles. The van der Waals surface area contributed by atoms with Crippen LogP contribution in [0.2, 0.25) is 0 Å². The monoisotopic (exact) mass is 515 g/mol. The molecule has 0 aliphatic rings. The molecule has 3 N–H and O–H groups in total. The lowest BCUT2D eigenvalue weighted by atomic mass is 10.1. The van der Waals surface area contributed by atoms with Gasteiger partial charge < -0.3 is 25.3 Å². The SMILES string of the molecule is CCOCCCNC(=NCC(=O)N(C)C)NCCc1c[nH]c2c(C)cccc12.I. The number of fused-ring (bicyclic) bond motifs is 1. The van der Waals surface area contributed by atoms with E-state index in [0.717, 1.165) is 32.5 Å². The zero-order valence-corrected chi connectivity index (χ0v) is 20.2. The van der Waals surface area contributed by atoms with Crippen LogP contribution in [-0.2, 0) is 16.0 Å². The number of amides is 1. The molecular formula is C21H34IN5O2. The number of hydrogen-bond donors (Lipinski definition) is 3. The van der Waals surface area contributed by atoms with E-state index >= 15 is 0 Å². The molecule has 0 radical (unpaired) electrons. The second-order valence-corrected chi connectivity index (χ2v) is 6.92. The van der Waals surface area contributed by atoms with E-state index in [2.05, 4.69) is 51.9 Å². The molecular weight excluding hydrogens is 481 g/mol. The molecule has 1 amide bonds. The second-order valence-electron chi connectivity index (χ2n) is 6.92. The number of likely N-dealkylation sites (N-methyl/N-ethyl adjacent to an activating group) is 1. The summed E-state index contributed by atoms with van der Waals surface area (Å²) in [6.07, 6.45) is 3.82.